The lowest BCUT2D eigenvalue weighted by atomic mass is 10.1. The van der Waals surface area contributed by atoms with Crippen molar-refractivity contribution in [3.05, 3.63) is 97.2 Å². The van der Waals surface area contributed by atoms with Crippen molar-refractivity contribution in [3.63, 3.8) is 0 Å². The normalized spacial score (nSPS) is 12.9. The van der Waals surface area contributed by atoms with Crippen molar-refractivity contribution >= 4 is 17.9 Å². The second kappa shape index (κ2) is 49.0. The molecule has 6 nitrogen and oxygen atoms in total. The largest absolute Gasteiger partial charge is 0.462 e. The van der Waals surface area contributed by atoms with E-state index in [4.69, 9.17) is 14.2 Å². The van der Waals surface area contributed by atoms with E-state index in [1.807, 2.05) is 0 Å². The summed E-state index contributed by atoms with van der Waals surface area (Å²) in [6.07, 6.45) is 63.9. The maximum atomic E-state index is 12.8. The highest BCUT2D eigenvalue weighted by molar-refractivity contribution is 5.71. The van der Waals surface area contributed by atoms with Crippen LogP contribution in [-0.4, -0.2) is 37.2 Å². The molecule has 1 atom stereocenters. The Morgan fingerprint density at radius 3 is 1.21 bits per heavy atom. The molecule has 1 unspecified atom stereocenters. The smallest absolute Gasteiger partial charge is 0.306 e. The van der Waals surface area contributed by atoms with E-state index in [1.54, 1.807) is 0 Å². The quantitative estimate of drug-likeness (QED) is 0.0200. The Kier molecular flexibility index (Phi) is 46.0. The molecule has 6 heteroatoms. The molecule has 0 bridgehead atoms. The van der Waals surface area contributed by atoms with Crippen molar-refractivity contribution in [1.29, 1.82) is 0 Å². The Morgan fingerprint density at radius 2 is 0.721 bits per heavy atom. The van der Waals surface area contributed by atoms with Gasteiger partial charge in [0, 0.05) is 19.3 Å². The Balaban J connectivity index is 4.48. The Labute approximate surface area is 375 Å². The molecule has 0 aromatic heterocycles. The van der Waals surface area contributed by atoms with Crippen molar-refractivity contribution in [2.24, 2.45) is 0 Å². The summed E-state index contributed by atoms with van der Waals surface area (Å²) in [6, 6.07) is 0. The van der Waals surface area contributed by atoms with Crippen molar-refractivity contribution in [3.8, 4) is 0 Å². The zero-order valence-corrected chi connectivity index (χ0v) is 39.4. The summed E-state index contributed by atoms with van der Waals surface area (Å²) < 4.78 is 16.7. The van der Waals surface area contributed by atoms with Gasteiger partial charge in [-0.3, -0.25) is 14.4 Å². The molecule has 0 rings (SSSR count). The topological polar surface area (TPSA) is 78.9 Å². The molecule has 0 radical (unpaired) electrons. The molecule has 0 saturated heterocycles. The predicted octanol–water partition coefficient (Wildman–Crippen LogP) is 16.2. The number of allylic oxidation sites excluding steroid dienone is 16. The third kappa shape index (κ3) is 47.2. The van der Waals surface area contributed by atoms with Crippen LogP contribution in [0, 0.1) is 0 Å². The first-order valence-electron chi connectivity index (χ1n) is 24.8. The second-order valence-corrected chi connectivity index (χ2v) is 16.1. The van der Waals surface area contributed by atoms with Crippen LogP contribution in [0.1, 0.15) is 213 Å². The fourth-order valence-corrected chi connectivity index (χ4v) is 6.37. The Hall–Kier alpha value is -3.67. The summed E-state index contributed by atoms with van der Waals surface area (Å²) in [5.74, 6) is -0.983. The maximum Gasteiger partial charge on any atom is 0.306 e. The van der Waals surface area contributed by atoms with Crippen LogP contribution >= 0.6 is 0 Å². The van der Waals surface area contributed by atoms with Gasteiger partial charge in [-0.05, 0) is 96.3 Å². The van der Waals surface area contributed by atoms with Crippen LogP contribution in [0.2, 0.25) is 0 Å². The fraction of sp³-hybridized carbons (Fsp3) is 0.655. The summed E-state index contributed by atoms with van der Waals surface area (Å²) in [5.41, 5.74) is 0. The third-order valence-corrected chi connectivity index (χ3v) is 10.1. The minimum absolute atomic E-state index is 0.107. The van der Waals surface area contributed by atoms with E-state index in [0.29, 0.717) is 12.8 Å². The summed E-state index contributed by atoms with van der Waals surface area (Å²) in [7, 11) is 0. The molecular formula is C55H90O6. The molecule has 0 heterocycles. The molecule has 0 fully saturated rings. The number of esters is 3. The molecule has 0 aliphatic heterocycles. The van der Waals surface area contributed by atoms with Gasteiger partial charge < -0.3 is 14.2 Å². The highest BCUT2D eigenvalue weighted by Crippen LogP contribution is 2.12. The van der Waals surface area contributed by atoms with Gasteiger partial charge in [-0.1, -0.05) is 195 Å². The van der Waals surface area contributed by atoms with Gasteiger partial charge in [-0.2, -0.15) is 0 Å². The van der Waals surface area contributed by atoms with Crippen LogP contribution < -0.4 is 0 Å². The first kappa shape index (κ1) is 57.3. The lowest BCUT2D eigenvalue weighted by Crippen LogP contribution is -2.30. The molecule has 0 saturated carbocycles. The van der Waals surface area contributed by atoms with Gasteiger partial charge in [0.05, 0.1) is 0 Å². The third-order valence-electron chi connectivity index (χ3n) is 10.1. The van der Waals surface area contributed by atoms with Crippen molar-refractivity contribution in [1.82, 2.24) is 0 Å². The molecule has 0 amide bonds. The van der Waals surface area contributed by atoms with Crippen molar-refractivity contribution in [2.45, 2.75) is 219 Å². The van der Waals surface area contributed by atoms with E-state index in [-0.39, 0.29) is 37.5 Å². The van der Waals surface area contributed by atoms with Gasteiger partial charge in [0.15, 0.2) is 6.10 Å². The van der Waals surface area contributed by atoms with Gasteiger partial charge in [-0.15, -0.1) is 0 Å². The number of rotatable bonds is 43. The van der Waals surface area contributed by atoms with Crippen molar-refractivity contribution < 1.29 is 28.6 Å². The zero-order chi connectivity index (χ0) is 44.4. The average molecular weight is 847 g/mol. The van der Waals surface area contributed by atoms with E-state index in [9.17, 15) is 14.4 Å². The molecule has 0 aliphatic carbocycles. The van der Waals surface area contributed by atoms with Gasteiger partial charge >= 0.3 is 17.9 Å². The first-order valence-corrected chi connectivity index (χ1v) is 24.8. The molecule has 61 heavy (non-hydrogen) atoms. The number of ether oxygens (including phenoxy) is 3. The van der Waals surface area contributed by atoms with E-state index in [0.717, 1.165) is 128 Å². The number of hydrogen-bond donors (Lipinski definition) is 0. The van der Waals surface area contributed by atoms with E-state index >= 15 is 0 Å². The molecule has 0 N–H and O–H groups in total. The number of unbranched alkanes of at least 4 members (excludes halogenated alkanes) is 19. The highest BCUT2D eigenvalue weighted by Gasteiger charge is 2.19. The van der Waals surface area contributed by atoms with E-state index in [2.05, 4.69) is 118 Å². The summed E-state index contributed by atoms with van der Waals surface area (Å²) in [4.78, 5) is 37.9. The second-order valence-electron chi connectivity index (χ2n) is 16.1. The monoisotopic (exact) mass is 847 g/mol. The number of carbonyl (C=O) groups excluding carboxylic acids is 3. The minimum Gasteiger partial charge on any atom is -0.462 e. The van der Waals surface area contributed by atoms with E-state index in [1.165, 1.54) is 44.9 Å². The standard InChI is InChI=1S/C55H90O6/c1-4-7-10-13-16-19-22-24-26-27-28-29-31-33-36-39-42-45-48-54(57)60-51-52(50-59-53(56)47-44-41-38-35-32-21-18-15-12-9-6-3)61-55(58)49-46-43-40-37-34-30-25-23-20-17-14-11-8-5-2/h8,11,15,17-18,20-22,24-30,32,52H,4-7,9-10,12-14,16,19,23,31,33-51H2,1-3H3/b11-8-,18-15-,20-17-,24-22-,27-26-,29-28-,30-25-,32-21-. The Morgan fingerprint density at radius 1 is 0.361 bits per heavy atom. The van der Waals surface area contributed by atoms with Gasteiger partial charge in [0.1, 0.15) is 13.2 Å². The molecule has 0 aliphatic rings. The summed E-state index contributed by atoms with van der Waals surface area (Å²) >= 11 is 0. The van der Waals surface area contributed by atoms with E-state index < -0.39 is 6.10 Å². The number of carbonyl (C=O) groups is 3. The molecular weight excluding hydrogens is 757 g/mol. The van der Waals surface area contributed by atoms with Gasteiger partial charge in [0.2, 0.25) is 0 Å². The molecule has 0 aromatic carbocycles. The van der Waals surface area contributed by atoms with Gasteiger partial charge in [0.25, 0.3) is 0 Å². The zero-order valence-electron chi connectivity index (χ0n) is 39.4. The van der Waals surface area contributed by atoms with Crippen LogP contribution in [0.3, 0.4) is 0 Å². The highest BCUT2D eigenvalue weighted by atomic mass is 16.6. The van der Waals surface area contributed by atoms with Crippen LogP contribution in [0.5, 0.6) is 0 Å². The predicted molar refractivity (Wildman–Crippen MR) is 260 cm³/mol. The van der Waals surface area contributed by atoms with Crippen LogP contribution in [0.25, 0.3) is 0 Å². The molecule has 346 valence electrons. The number of hydrogen-bond acceptors (Lipinski definition) is 6. The Bertz CT molecular complexity index is 1250. The first-order chi connectivity index (χ1) is 30.0. The lowest BCUT2D eigenvalue weighted by Gasteiger charge is -2.18. The average Bonchev–Trinajstić information content (AvgIpc) is 3.26. The van der Waals surface area contributed by atoms with Crippen LogP contribution in [-0.2, 0) is 28.6 Å². The summed E-state index contributed by atoms with van der Waals surface area (Å²) in [5, 5.41) is 0. The summed E-state index contributed by atoms with van der Waals surface area (Å²) in [6.45, 7) is 6.37. The molecule has 0 spiro atoms. The SMILES string of the molecule is CC/C=C\C/C=C\C/C=C\CCCCCCC(=O)OC(COC(=O)CCCCC/C=C\C=C/CCCC)COC(=O)CCCCCCC\C=C/C=C\C=C/CCCCCCC. The minimum atomic E-state index is -0.808. The molecule has 0 aromatic rings. The van der Waals surface area contributed by atoms with Gasteiger partial charge in [-0.25, -0.2) is 0 Å². The lowest BCUT2D eigenvalue weighted by molar-refractivity contribution is -0.167. The maximum absolute atomic E-state index is 12.8. The fourth-order valence-electron chi connectivity index (χ4n) is 6.37. The van der Waals surface area contributed by atoms with Crippen LogP contribution in [0.4, 0.5) is 0 Å². The van der Waals surface area contributed by atoms with Crippen LogP contribution in [0.15, 0.2) is 97.2 Å². The van der Waals surface area contributed by atoms with Crippen molar-refractivity contribution in [2.75, 3.05) is 13.2 Å².